The van der Waals surface area contributed by atoms with E-state index < -0.39 is 5.41 Å². The molecule has 1 unspecified atom stereocenters. The van der Waals surface area contributed by atoms with Gasteiger partial charge in [0.15, 0.2) is 23.0 Å². The summed E-state index contributed by atoms with van der Waals surface area (Å²) >= 11 is 0. The number of ether oxygens (including phenoxy) is 2. The van der Waals surface area contributed by atoms with Crippen LogP contribution in [0, 0.1) is 0 Å². The Hall–Kier alpha value is -7.36. The van der Waals surface area contributed by atoms with Crippen molar-refractivity contribution in [1.29, 1.82) is 0 Å². The Morgan fingerprint density at radius 3 is 1.71 bits per heavy atom. The summed E-state index contributed by atoms with van der Waals surface area (Å²) in [6.07, 6.45) is 2.74. The molecule has 0 amide bonds. The molecular formula is C56H41NO2. The van der Waals surface area contributed by atoms with Gasteiger partial charge >= 0.3 is 0 Å². The van der Waals surface area contributed by atoms with E-state index in [4.69, 9.17) is 9.47 Å². The van der Waals surface area contributed by atoms with E-state index in [1.807, 2.05) is 12.1 Å². The fourth-order valence-corrected chi connectivity index (χ4v) is 9.96. The SMILES string of the molecule is C=CC(CC(=C)N(C)c1c(-c2ccccc2)cccc1-c1cccc2c1Oc1cc3c(cc1O2)-c1ccccc1C31c2ccccc2-c2ccccc21)c1ccccc1. The Morgan fingerprint density at radius 2 is 1.05 bits per heavy atom. The summed E-state index contributed by atoms with van der Waals surface area (Å²) in [5, 5.41) is 0. The van der Waals surface area contributed by atoms with Crippen LogP contribution in [0.3, 0.4) is 0 Å². The second kappa shape index (κ2) is 13.6. The summed E-state index contributed by atoms with van der Waals surface area (Å²) in [6.45, 7) is 8.88. The zero-order valence-corrected chi connectivity index (χ0v) is 32.9. The molecule has 3 heteroatoms. The van der Waals surface area contributed by atoms with E-state index in [-0.39, 0.29) is 5.92 Å². The fraction of sp³-hybridized carbons (Fsp3) is 0.0714. The number of anilines is 1. The molecule has 8 aromatic rings. The van der Waals surface area contributed by atoms with Gasteiger partial charge < -0.3 is 14.4 Å². The van der Waals surface area contributed by atoms with E-state index in [1.165, 1.54) is 50.1 Å². The summed E-state index contributed by atoms with van der Waals surface area (Å²) in [7, 11) is 2.12. The third-order valence-corrected chi connectivity index (χ3v) is 12.7. The molecule has 0 saturated heterocycles. The van der Waals surface area contributed by atoms with Gasteiger partial charge in [0.05, 0.1) is 11.1 Å². The Labute approximate surface area is 345 Å². The molecule has 0 bridgehead atoms. The van der Waals surface area contributed by atoms with Crippen molar-refractivity contribution in [2.24, 2.45) is 0 Å². The molecule has 1 heterocycles. The normalized spacial score (nSPS) is 13.7. The number of rotatable bonds is 8. The number of nitrogens with zero attached hydrogens (tertiary/aromatic N) is 1. The average molecular weight is 760 g/mol. The van der Waals surface area contributed by atoms with E-state index in [9.17, 15) is 0 Å². The van der Waals surface area contributed by atoms with Crippen LogP contribution in [0.5, 0.6) is 23.0 Å². The van der Waals surface area contributed by atoms with Crippen molar-refractivity contribution in [1.82, 2.24) is 0 Å². The average Bonchev–Trinajstić information content (AvgIpc) is 3.76. The molecule has 3 nitrogen and oxygen atoms in total. The van der Waals surface area contributed by atoms with Crippen LogP contribution in [-0.4, -0.2) is 7.05 Å². The molecule has 0 fully saturated rings. The van der Waals surface area contributed by atoms with Gasteiger partial charge in [-0.2, -0.15) is 0 Å². The molecular weight excluding hydrogens is 719 g/mol. The summed E-state index contributed by atoms with van der Waals surface area (Å²) in [6, 6.07) is 64.9. The molecule has 1 aliphatic heterocycles. The van der Waals surface area contributed by atoms with Gasteiger partial charge in [-0.15, -0.1) is 6.58 Å². The van der Waals surface area contributed by atoms with Crippen LogP contribution >= 0.6 is 0 Å². The lowest BCUT2D eigenvalue weighted by Gasteiger charge is -2.32. The molecule has 1 spiro atoms. The van der Waals surface area contributed by atoms with Crippen LogP contribution in [0.15, 0.2) is 207 Å². The molecule has 8 aromatic carbocycles. The highest BCUT2D eigenvalue weighted by Crippen LogP contribution is 2.65. The molecule has 1 atom stereocenters. The van der Waals surface area contributed by atoms with Gasteiger partial charge in [0.1, 0.15) is 0 Å². The van der Waals surface area contributed by atoms with E-state index in [1.54, 1.807) is 0 Å². The van der Waals surface area contributed by atoms with Crippen LogP contribution in [0.1, 0.15) is 40.2 Å². The van der Waals surface area contributed by atoms with Gasteiger partial charge in [0, 0.05) is 35.4 Å². The highest BCUT2D eigenvalue weighted by Gasteiger charge is 2.52. The molecule has 0 saturated carbocycles. The smallest absolute Gasteiger partial charge is 0.178 e. The minimum Gasteiger partial charge on any atom is -0.449 e. The number of hydrogen-bond acceptors (Lipinski definition) is 3. The van der Waals surface area contributed by atoms with Gasteiger partial charge in [-0.1, -0.05) is 176 Å². The van der Waals surface area contributed by atoms with Crippen LogP contribution < -0.4 is 14.4 Å². The predicted octanol–water partition coefficient (Wildman–Crippen LogP) is 14.6. The summed E-state index contributed by atoms with van der Waals surface area (Å²) in [5.41, 5.74) is 17.0. The van der Waals surface area contributed by atoms with Crippen molar-refractivity contribution >= 4 is 5.69 Å². The first-order chi connectivity index (χ1) is 29.1. The first-order valence-corrected chi connectivity index (χ1v) is 20.3. The lowest BCUT2D eigenvalue weighted by Crippen LogP contribution is -2.25. The second-order valence-electron chi connectivity index (χ2n) is 15.7. The van der Waals surface area contributed by atoms with Gasteiger partial charge in [0.25, 0.3) is 0 Å². The van der Waals surface area contributed by atoms with Gasteiger partial charge in [-0.3, -0.25) is 0 Å². The molecule has 59 heavy (non-hydrogen) atoms. The highest BCUT2D eigenvalue weighted by molar-refractivity contribution is 5.97. The van der Waals surface area contributed by atoms with E-state index >= 15 is 0 Å². The number of allylic oxidation sites excluding steroid dienone is 2. The van der Waals surface area contributed by atoms with Crippen LogP contribution in [0.4, 0.5) is 5.69 Å². The maximum Gasteiger partial charge on any atom is 0.178 e. The van der Waals surface area contributed by atoms with Crippen LogP contribution in [0.25, 0.3) is 44.5 Å². The van der Waals surface area contributed by atoms with Crippen molar-refractivity contribution in [3.05, 3.63) is 235 Å². The summed E-state index contributed by atoms with van der Waals surface area (Å²) < 4.78 is 14.0. The predicted molar refractivity (Wildman–Crippen MR) is 242 cm³/mol. The lowest BCUT2D eigenvalue weighted by atomic mass is 9.70. The third-order valence-electron chi connectivity index (χ3n) is 12.7. The number of fused-ring (bicyclic) bond motifs is 12. The van der Waals surface area contributed by atoms with Gasteiger partial charge in [0.2, 0.25) is 0 Å². The zero-order chi connectivity index (χ0) is 39.7. The van der Waals surface area contributed by atoms with Crippen molar-refractivity contribution in [3.8, 4) is 67.5 Å². The van der Waals surface area contributed by atoms with E-state index in [0.717, 1.165) is 33.6 Å². The maximum atomic E-state index is 7.17. The highest BCUT2D eigenvalue weighted by atomic mass is 16.6. The molecule has 0 aromatic heterocycles. The van der Waals surface area contributed by atoms with E-state index in [2.05, 4.69) is 201 Å². The quantitative estimate of drug-likeness (QED) is 0.144. The largest absolute Gasteiger partial charge is 0.449 e. The minimum atomic E-state index is -0.486. The first-order valence-electron chi connectivity index (χ1n) is 20.3. The lowest BCUT2D eigenvalue weighted by molar-refractivity contribution is 0.360. The Bertz CT molecular complexity index is 2940. The number of hydrogen-bond donors (Lipinski definition) is 0. The first kappa shape index (κ1) is 34.9. The minimum absolute atomic E-state index is 0.117. The van der Waals surface area contributed by atoms with Crippen molar-refractivity contribution in [3.63, 3.8) is 0 Å². The van der Waals surface area contributed by atoms with Crippen molar-refractivity contribution in [2.45, 2.75) is 17.8 Å². The number of para-hydroxylation sites is 2. The van der Waals surface area contributed by atoms with Crippen molar-refractivity contribution in [2.75, 3.05) is 11.9 Å². The topological polar surface area (TPSA) is 21.7 Å². The fourth-order valence-electron chi connectivity index (χ4n) is 9.96. The van der Waals surface area contributed by atoms with Crippen LogP contribution in [-0.2, 0) is 5.41 Å². The number of benzene rings is 8. The maximum absolute atomic E-state index is 7.17. The van der Waals surface area contributed by atoms with E-state index in [0.29, 0.717) is 29.4 Å². The Kier molecular flexibility index (Phi) is 8.06. The third kappa shape index (κ3) is 5.21. The Balaban J connectivity index is 1.06. The standard InChI is InChI=1S/C56H41NO2/c1-4-37(38-19-7-5-8-20-38)33-36(2)57(3)54-40(39-21-9-6-10-22-39)26-17-27-44(54)45-28-18-32-51-55(45)59-53-35-50-46(34-52(53)58-51)43-25-13-16-31-49(43)56(50)47-29-14-11-23-41(47)42-24-12-15-30-48(42)56/h4-32,34-35,37H,1-2,33H2,3H3. The molecule has 282 valence electrons. The summed E-state index contributed by atoms with van der Waals surface area (Å²) in [4.78, 5) is 2.25. The second-order valence-corrected chi connectivity index (χ2v) is 15.7. The zero-order valence-electron chi connectivity index (χ0n) is 32.9. The molecule has 11 rings (SSSR count). The molecule has 3 aliphatic rings. The van der Waals surface area contributed by atoms with Crippen molar-refractivity contribution < 1.29 is 9.47 Å². The van der Waals surface area contributed by atoms with Crippen LogP contribution in [0.2, 0.25) is 0 Å². The molecule has 0 N–H and O–H groups in total. The Morgan fingerprint density at radius 1 is 0.525 bits per heavy atom. The monoisotopic (exact) mass is 759 g/mol. The van der Waals surface area contributed by atoms with Gasteiger partial charge in [-0.25, -0.2) is 0 Å². The molecule has 2 aliphatic carbocycles. The summed E-state index contributed by atoms with van der Waals surface area (Å²) in [5.74, 6) is 2.90. The van der Waals surface area contributed by atoms with Gasteiger partial charge in [-0.05, 0) is 80.3 Å². The molecule has 0 radical (unpaired) electrons.